The quantitative estimate of drug-likeness (QED) is 0.751. The number of sulfonamides is 1. The van der Waals surface area contributed by atoms with Crippen LogP contribution in [0.3, 0.4) is 0 Å². The van der Waals surface area contributed by atoms with Crippen LogP contribution in [0.5, 0.6) is 0 Å². The Morgan fingerprint density at radius 3 is 2.33 bits per heavy atom. The van der Waals surface area contributed by atoms with Gasteiger partial charge in [0, 0.05) is 0 Å². The third kappa shape index (κ3) is 3.46. The first-order chi connectivity index (χ1) is 6.93. The second-order valence-electron chi connectivity index (χ2n) is 3.98. The lowest BCUT2D eigenvalue weighted by molar-refractivity contribution is -0.138. The molecule has 88 valence electrons. The molecule has 0 saturated heterocycles. The molecule has 0 heterocycles. The normalized spacial score (nSPS) is 21.1. The fourth-order valence-electron chi connectivity index (χ4n) is 1.77. The molecule has 1 saturated carbocycles. The Labute approximate surface area is 89.9 Å². The van der Waals surface area contributed by atoms with Crippen molar-refractivity contribution in [3.8, 4) is 0 Å². The van der Waals surface area contributed by atoms with E-state index >= 15 is 0 Å². The molecule has 1 aliphatic rings. The maximum atomic E-state index is 11.7. The molecule has 1 atom stereocenters. The van der Waals surface area contributed by atoms with E-state index in [0.29, 0.717) is 12.8 Å². The van der Waals surface area contributed by atoms with Crippen LogP contribution in [-0.2, 0) is 14.8 Å². The van der Waals surface area contributed by atoms with Crippen molar-refractivity contribution in [2.45, 2.75) is 50.3 Å². The summed E-state index contributed by atoms with van der Waals surface area (Å²) in [5.41, 5.74) is 0. The number of carboxylic acids is 1. The third-order valence-corrected chi connectivity index (χ3v) is 4.73. The van der Waals surface area contributed by atoms with Crippen LogP contribution < -0.4 is 4.72 Å². The van der Waals surface area contributed by atoms with Gasteiger partial charge in [0.25, 0.3) is 0 Å². The van der Waals surface area contributed by atoms with E-state index in [2.05, 4.69) is 4.72 Å². The van der Waals surface area contributed by atoms with Crippen molar-refractivity contribution in [3.05, 3.63) is 0 Å². The Kier molecular flexibility index (Phi) is 4.10. The summed E-state index contributed by atoms with van der Waals surface area (Å²) in [7, 11) is -3.46. The van der Waals surface area contributed by atoms with E-state index < -0.39 is 27.3 Å². The van der Waals surface area contributed by atoms with Gasteiger partial charge in [-0.25, -0.2) is 13.1 Å². The highest BCUT2D eigenvalue weighted by Gasteiger charge is 2.29. The Bertz CT molecular complexity index is 319. The van der Waals surface area contributed by atoms with Crippen molar-refractivity contribution in [2.75, 3.05) is 0 Å². The molecule has 0 aliphatic heterocycles. The first-order valence-electron chi connectivity index (χ1n) is 5.17. The second-order valence-corrected chi connectivity index (χ2v) is 5.98. The number of hydrogen-bond acceptors (Lipinski definition) is 3. The van der Waals surface area contributed by atoms with Gasteiger partial charge < -0.3 is 5.11 Å². The Balaban J connectivity index is 2.61. The Hall–Kier alpha value is -0.620. The highest BCUT2D eigenvalue weighted by atomic mass is 32.2. The maximum Gasteiger partial charge on any atom is 0.321 e. The molecule has 1 rings (SSSR count). The minimum atomic E-state index is -3.46. The number of nitrogens with one attached hydrogen (secondary N) is 1. The molecule has 2 N–H and O–H groups in total. The van der Waals surface area contributed by atoms with Crippen LogP contribution in [0.4, 0.5) is 0 Å². The van der Waals surface area contributed by atoms with Gasteiger partial charge in [0.05, 0.1) is 5.25 Å². The molecule has 1 fully saturated rings. The van der Waals surface area contributed by atoms with E-state index in [4.69, 9.17) is 5.11 Å². The topological polar surface area (TPSA) is 83.5 Å². The van der Waals surface area contributed by atoms with E-state index in [9.17, 15) is 13.2 Å². The smallest absolute Gasteiger partial charge is 0.321 e. The van der Waals surface area contributed by atoms with Gasteiger partial charge in [-0.3, -0.25) is 4.79 Å². The lowest BCUT2D eigenvalue weighted by Crippen LogP contribution is -2.43. The van der Waals surface area contributed by atoms with Crippen LogP contribution in [0.25, 0.3) is 0 Å². The standard InChI is InChI=1S/C9H17NO4S/c1-7(9(11)12)10-15(13,14)8-5-3-2-4-6-8/h7-8,10H,2-6H2,1H3,(H,11,12)/t7-/m0/s1. The van der Waals surface area contributed by atoms with Gasteiger partial charge in [-0.1, -0.05) is 19.3 Å². The van der Waals surface area contributed by atoms with Crippen molar-refractivity contribution >= 4 is 16.0 Å². The highest BCUT2D eigenvalue weighted by molar-refractivity contribution is 7.90. The number of carboxylic acid groups (broad SMARTS) is 1. The Morgan fingerprint density at radius 1 is 1.33 bits per heavy atom. The van der Waals surface area contributed by atoms with Gasteiger partial charge in [0.2, 0.25) is 10.0 Å². The lowest BCUT2D eigenvalue weighted by atomic mass is 10.0. The minimum absolute atomic E-state index is 0.409. The summed E-state index contributed by atoms with van der Waals surface area (Å²) in [6.07, 6.45) is 4.17. The SMILES string of the molecule is C[C@H](NS(=O)(=O)C1CCCCC1)C(=O)O. The average Bonchev–Trinajstić information content (AvgIpc) is 2.18. The van der Waals surface area contributed by atoms with E-state index in [1.807, 2.05) is 0 Å². The zero-order valence-electron chi connectivity index (χ0n) is 8.77. The molecule has 6 heteroatoms. The summed E-state index contributed by atoms with van der Waals surface area (Å²) < 4.78 is 25.7. The van der Waals surface area contributed by atoms with Gasteiger partial charge in [0.15, 0.2) is 0 Å². The molecule has 15 heavy (non-hydrogen) atoms. The fraction of sp³-hybridized carbons (Fsp3) is 0.889. The molecule has 0 aromatic rings. The van der Waals surface area contributed by atoms with Gasteiger partial charge in [-0.2, -0.15) is 0 Å². The molecular weight excluding hydrogens is 218 g/mol. The van der Waals surface area contributed by atoms with Crippen molar-refractivity contribution in [3.63, 3.8) is 0 Å². The van der Waals surface area contributed by atoms with Gasteiger partial charge in [-0.15, -0.1) is 0 Å². The molecule has 0 amide bonds. The number of carbonyl (C=O) groups is 1. The molecular formula is C9H17NO4S. The summed E-state index contributed by atoms with van der Waals surface area (Å²) in [5.74, 6) is -1.14. The van der Waals surface area contributed by atoms with E-state index in [1.54, 1.807) is 0 Å². The van der Waals surface area contributed by atoms with Crippen LogP contribution in [0.1, 0.15) is 39.0 Å². The summed E-state index contributed by atoms with van der Waals surface area (Å²) in [6, 6.07) is -1.04. The molecule has 0 radical (unpaired) electrons. The zero-order chi connectivity index (χ0) is 11.5. The van der Waals surface area contributed by atoms with Gasteiger partial charge >= 0.3 is 5.97 Å². The summed E-state index contributed by atoms with van der Waals surface area (Å²) in [5, 5.41) is 8.21. The second kappa shape index (κ2) is 4.94. The molecule has 1 aliphatic carbocycles. The number of hydrogen-bond donors (Lipinski definition) is 2. The lowest BCUT2D eigenvalue weighted by Gasteiger charge is -2.23. The fourth-order valence-corrected chi connectivity index (χ4v) is 3.51. The van der Waals surface area contributed by atoms with Crippen LogP contribution in [0.2, 0.25) is 0 Å². The monoisotopic (exact) mass is 235 g/mol. The Morgan fingerprint density at radius 2 is 1.87 bits per heavy atom. The summed E-state index contributed by atoms with van der Waals surface area (Å²) in [6.45, 7) is 1.34. The van der Waals surface area contributed by atoms with Crippen molar-refractivity contribution in [1.29, 1.82) is 0 Å². The largest absolute Gasteiger partial charge is 0.480 e. The molecule has 0 aromatic carbocycles. The van der Waals surface area contributed by atoms with Crippen molar-refractivity contribution in [1.82, 2.24) is 4.72 Å². The van der Waals surface area contributed by atoms with Crippen LogP contribution >= 0.6 is 0 Å². The van der Waals surface area contributed by atoms with E-state index in [-0.39, 0.29) is 0 Å². The first-order valence-corrected chi connectivity index (χ1v) is 6.72. The summed E-state index contributed by atoms with van der Waals surface area (Å²) >= 11 is 0. The molecule has 0 spiro atoms. The molecule has 5 nitrogen and oxygen atoms in total. The average molecular weight is 235 g/mol. The van der Waals surface area contributed by atoms with Crippen LogP contribution in [0.15, 0.2) is 0 Å². The van der Waals surface area contributed by atoms with Crippen molar-refractivity contribution < 1.29 is 18.3 Å². The minimum Gasteiger partial charge on any atom is -0.480 e. The van der Waals surface area contributed by atoms with Crippen LogP contribution in [0, 0.1) is 0 Å². The zero-order valence-corrected chi connectivity index (χ0v) is 9.59. The predicted molar refractivity (Wildman–Crippen MR) is 56.0 cm³/mol. The molecule has 0 bridgehead atoms. The van der Waals surface area contributed by atoms with E-state index in [0.717, 1.165) is 19.3 Å². The molecule has 0 aromatic heterocycles. The summed E-state index contributed by atoms with van der Waals surface area (Å²) in [4.78, 5) is 10.5. The van der Waals surface area contributed by atoms with Gasteiger partial charge in [0.1, 0.15) is 6.04 Å². The van der Waals surface area contributed by atoms with E-state index in [1.165, 1.54) is 6.92 Å². The number of rotatable bonds is 4. The molecule has 0 unspecified atom stereocenters. The van der Waals surface area contributed by atoms with Gasteiger partial charge in [-0.05, 0) is 19.8 Å². The third-order valence-electron chi connectivity index (χ3n) is 2.70. The predicted octanol–water partition coefficient (Wildman–Crippen LogP) is 0.712. The maximum absolute atomic E-state index is 11.7. The van der Waals surface area contributed by atoms with Crippen LogP contribution in [-0.4, -0.2) is 30.8 Å². The highest BCUT2D eigenvalue weighted by Crippen LogP contribution is 2.23. The first kappa shape index (κ1) is 12.4. The number of aliphatic carboxylic acids is 1. The van der Waals surface area contributed by atoms with Crippen molar-refractivity contribution in [2.24, 2.45) is 0 Å².